The van der Waals surface area contributed by atoms with Crippen LogP contribution in [0.4, 0.5) is 0 Å². The third kappa shape index (κ3) is 2.75. The van der Waals surface area contributed by atoms with Gasteiger partial charge < -0.3 is 10.7 Å². The SMILES string of the molecule is CC(C)(C)C(=O)c1c[nH]c2ncc(-c3ccccc3CN)nc12. The maximum absolute atomic E-state index is 12.6. The number of hydrogen-bond donors (Lipinski definition) is 2. The Hall–Kier alpha value is -2.53. The van der Waals surface area contributed by atoms with Crippen molar-refractivity contribution in [1.29, 1.82) is 0 Å². The lowest BCUT2D eigenvalue weighted by atomic mass is 9.87. The number of nitrogens with one attached hydrogen (secondary N) is 1. The second-order valence-electron chi connectivity index (χ2n) is 6.60. The van der Waals surface area contributed by atoms with E-state index in [9.17, 15) is 4.79 Å². The number of carbonyl (C=O) groups is 1. The van der Waals surface area contributed by atoms with E-state index >= 15 is 0 Å². The average molecular weight is 308 g/mol. The van der Waals surface area contributed by atoms with Crippen LogP contribution in [0.5, 0.6) is 0 Å². The summed E-state index contributed by atoms with van der Waals surface area (Å²) in [6.45, 7) is 6.12. The van der Waals surface area contributed by atoms with Crippen molar-refractivity contribution in [3.05, 3.63) is 47.8 Å². The van der Waals surface area contributed by atoms with Crippen LogP contribution < -0.4 is 5.73 Å². The zero-order valence-corrected chi connectivity index (χ0v) is 13.6. The minimum atomic E-state index is -0.470. The molecule has 0 bridgehead atoms. The molecule has 5 heteroatoms. The first-order chi connectivity index (χ1) is 10.9. The number of rotatable bonds is 3. The number of aromatic nitrogens is 3. The van der Waals surface area contributed by atoms with Gasteiger partial charge in [-0.15, -0.1) is 0 Å². The first kappa shape index (κ1) is 15.4. The Morgan fingerprint density at radius 2 is 2.00 bits per heavy atom. The van der Waals surface area contributed by atoms with Crippen LogP contribution in [0.2, 0.25) is 0 Å². The van der Waals surface area contributed by atoms with Crippen molar-refractivity contribution in [2.75, 3.05) is 0 Å². The smallest absolute Gasteiger partial charge is 0.171 e. The standard InChI is InChI=1S/C18H20N4O/c1-18(2,3)16(23)13-9-20-17-15(13)22-14(10-21-17)12-7-5-4-6-11(12)8-19/h4-7,9-10H,8,19H2,1-3H3,(H,20,21). The van der Waals surface area contributed by atoms with Crippen molar-refractivity contribution in [2.45, 2.75) is 27.3 Å². The Labute approximate surface area is 135 Å². The van der Waals surface area contributed by atoms with Crippen LogP contribution in [0.1, 0.15) is 36.7 Å². The lowest BCUT2D eigenvalue weighted by molar-refractivity contribution is 0.0860. The maximum Gasteiger partial charge on any atom is 0.171 e. The van der Waals surface area contributed by atoms with Gasteiger partial charge in [-0.1, -0.05) is 45.0 Å². The normalized spacial score (nSPS) is 11.8. The molecule has 5 nitrogen and oxygen atoms in total. The molecule has 0 atom stereocenters. The van der Waals surface area contributed by atoms with Crippen molar-refractivity contribution in [3.63, 3.8) is 0 Å². The second kappa shape index (κ2) is 5.59. The molecular formula is C18H20N4O. The van der Waals surface area contributed by atoms with E-state index in [1.54, 1.807) is 12.4 Å². The number of benzene rings is 1. The fourth-order valence-corrected chi connectivity index (χ4v) is 2.55. The van der Waals surface area contributed by atoms with Gasteiger partial charge in [0.15, 0.2) is 11.4 Å². The minimum Gasteiger partial charge on any atom is -0.344 e. The summed E-state index contributed by atoms with van der Waals surface area (Å²) in [5, 5.41) is 0. The van der Waals surface area contributed by atoms with Gasteiger partial charge in [-0.3, -0.25) is 4.79 Å². The minimum absolute atomic E-state index is 0.0438. The first-order valence-electron chi connectivity index (χ1n) is 7.59. The highest BCUT2D eigenvalue weighted by Crippen LogP contribution is 2.27. The van der Waals surface area contributed by atoms with Crippen LogP contribution in [-0.4, -0.2) is 20.7 Å². The van der Waals surface area contributed by atoms with Crippen molar-refractivity contribution in [1.82, 2.24) is 15.0 Å². The lowest BCUT2D eigenvalue weighted by Gasteiger charge is -2.15. The molecule has 3 N–H and O–H groups in total. The molecule has 0 aliphatic rings. The van der Waals surface area contributed by atoms with E-state index in [2.05, 4.69) is 15.0 Å². The molecule has 0 amide bonds. The number of H-pyrrole nitrogens is 1. The maximum atomic E-state index is 12.6. The van der Waals surface area contributed by atoms with Crippen molar-refractivity contribution in [2.24, 2.45) is 11.1 Å². The van der Waals surface area contributed by atoms with Gasteiger partial charge in [-0.05, 0) is 5.56 Å². The third-order valence-corrected chi connectivity index (χ3v) is 3.82. The molecule has 2 aromatic heterocycles. The number of nitrogens with zero attached hydrogens (tertiary/aromatic N) is 2. The van der Waals surface area contributed by atoms with Gasteiger partial charge in [0.2, 0.25) is 0 Å². The zero-order chi connectivity index (χ0) is 16.6. The number of carbonyl (C=O) groups excluding carboxylic acids is 1. The lowest BCUT2D eigenvalue weighted by Crippen LogP contribution is -2.20. The quantitative estimate of drug-likeness (QED) is 0.727. The van der Waals surface area contributed by atoms with Crippen LogP contribution in [-0.2, 0) is 6.54 Å². The molecule has 0 spiro atoms. The molecule has 3 rings (SSSR count). The monoisotopic (exact) mass is 308 g/mol. The molecule has 0 aliphatic heterocycles. The molecule has 0 saturated heterocycles. The molecular weight excluding hydrogens is 288 g/mol. The summed E-state index contributed by atoms with van der Waals surface area (Å²) >= 11 is 0. The molecule has 118 valence electrons. The van der Waals surface area contributed by atoms with Crippen LogP contribution >= 0.6 is 0 Å². The topological polar surface area (TPSA) is 84.7 Å². The van der Waals surface area contributed by atoms with E-state index in [0.29, 0.717) is 23.3 Å². The van der Waals surface area contributed by atoms with Crippen LogP contribution in [0.15, 0.2) is 36.7 Å². The third-order valence-electron chi connectivity index (χ3n) is 3.82. The highest BCUT2D eigenvalue weighted by Gasteiger charge is 2.26. The van der Waals surface area contributed by atoms with E-state index in [4.69, 9.17) is 5.73 Å². The summed E-state index contributed by atoms with van der Waals surface area (Å²) < 4.78 is 0. The van der Waals surface area contributed by atoms with Crippen LogP contribution in [0.3, 0.4) is 0 Å². The van der Waals surface area contributed by atoms with Gasteiger partial charge in [-0.25, -0.2) is 9.97 Å². The molecule has 1 aromatic carbocycles. The molecule has 0 saturated carbocycles. The number of Topliss-reactive ketones (excluding diaryl/α,β-unsaturated/α-hetero) is 1. The number of fused-ring (bicyclic) bond motifs is 1. The van der Waals surface area contributed by atoms with Crippen LogP contribution in [0, 0.1) is 5.41 Å². The second-order valence-corrected chi connectivity index (χ2v) is 6.60. The van der Waals surface area contributed by atoms with E-state index in [1.807, 2.05) is 45.0 Å². The largest absolute Gasteiger partial charge is 0.344 e. The number of ketones is 1. The van der Waals surface area contributed by atoms with E-state index in [1.165, 1.54) is 0 Å². The molecule has 2 heterocycles. The molecule has 0 radical (unpaired) electrons. The fourth-order valence-electron chi connectivity index (χ4n) is 2.55. The summed E-state index contributed by atoms with van der Waals surface area (Å²) in [5.41, 5.74) is 9.80. The van der Waals surface area contributed by atoms with Gasteiger partial charge in [0.05, 0.1) is 17.5 Å². The number of nitrogens with two attached hydrogens (primary N) is 1. The molecule has 3 aromatic rings. The number of hydrogen-bond acceptors (Lipinski definition) is 4. The predicted molar refractivity (Wildman–Crippen MR) is 91.0 cm³/mol. The van der Waals surface area contributed by atoms with Gasteiger partial charge in [-0.2, -0.15) is 0 Å². The molecule has 23 heavy (non-hydrogen) atoms. The van der Waals surface area contributed by atoms with Gasteiger partial charge in [0.25, 0.3) is 0 Å². The molecule has 0 aliphatic carbocycles. The molecule has 0 unspecified atom stereocenters. The fraction of sp³-hybridized carbons (Fsp3) is 0.278. The Morgan fingerprint density at radius 1 is 1.26 bits per heavy atom. The zero-order valence-electron chi connectivity index (χ0n) is 13.6. The van der Waals surface area contributed by atoms with E-state index < -0.39 is 5.41 Å². The van der Waals surface area contributed by atoms with Crippen LogP contribution in [0.25, 0.3) is 22.4 Å². The molecule has 0 fully saturated rings. The van der Waals surface area contributed by atoms with E-state index in [-0.39, 0.29) is 5.78 Å². The summed E-state index contributed by atoms with van der Waals surface area (Å²) in [6, 6.07) is 7.83. The highest BCUT2D eigenvalue weighted by atomic mass is 16.1. The first-order valence-corrected chi connectivity index (χ1v) is 7.59. The summed E-state index contributed by atoms with van der Waals surface area (Å²) in [4.78, 5) is 24.7. The Kier molecular flexibility index (Phi) is 3.74. The predicted octanol–water partition coefficient (Wildman–Crippen LogP) is 3.31. The van der Waals surface area contributed by atoms with Crippen molar-refractivity contribution < 1.29 is 4.79 Å². The Balaban J connectivity index is 2.17. The summed E-state index contributed by atoms with van der Waals surface area (Å²) in [5.74, 6) is 0.0438. The average Bonchev–Trinajstić information content (AvgIpc) is 2.96. The van der Waals surface area contributed by atoms with Crippen molar-refractivity contribution in [3.8, 4) is 11.3 Å². The number of aromatic amines is 1. The van der Waals surface area contributed by atoms with E-state index in [0.717, 1.165) is 16.8 Å². The Morgan fingerprint density at radius 3 is 2.70 bits per heavy atom. The summed E-state index contributed by atoms with van der Waals surface area (Å²) in [6.07, 6.45) is 3.40. The van der Waals surface area contributed by atoms with Gasteiger partial charge >= 0.3 is 0 Å². The van der Waals surface area contributed by atoms with Gasteiger partial charge in [0.1, 0.15) is 5.52 Å². The van der Waals surface area contributed by atoms with Gasteiger partial charge in [0, 0.05) is 23.7 Å². The highest BCUT2D eigenvalue weighted by molar-refractivity contribution is 6.08. The Bertz CT molecular complexity index is 874. The summed E-state index contributed by atoms with van der Waals surface area (Å²) in [7, 11) is 0. The van der Waals surface area contributed by atoms with Crippen molar-refractivity contribution >= 4 is 16.9 Å².